The maximum atomic E-state index is 10.9. The molecule has 0 saturated heterocycles. The molecule has 1 fully saturated rings. The number of phenolic OH excluding ortho intramolecular Hbond substituents is 2. The van der Waals surface area contributed by atoms with E-state index in [1.54, 1.807) is 0 Å². The Morgan fingerprint density at radius 2 is 1.14 bits per heavy atom. The second-order valence-electron chi connectivity index (χ2n) is 11.4. The highest BCUT2D eigenvalue weighted by atomic mass is 16.3. The topological polar surface area (TPSA) is 65.2 Å². The third-order valence-corrected chi connectivity index (χ3v) is 7.59. The third-order valence-electron chi connectivity index (χ3n) is 7.59. The Balaban J connectivity index is 1.84. The summed E-state index contributed by atoms with van der Waals surface area (Å²) in [7, 11) is 0. The quantitative estimate of drug-likeness (QED) is 0.285. The van der Waals surface area contributed by atoms with Gasteiger partial charge in [-0.15, -0.1) is 0 Å². The Morgan fingerprint density at radius 3 is 1.49 bits per heavy atom. The molecule has 0 spiro atoms. The molecule has 0 radical (unpaired) electrons. The van der Waals surface area contributed by atoms with E-state index in [0.29, 0.717) is 11.5 Å². The third kappa shape index (κ3) is 7.69. The molecule has 2 aromatic carbocycles. The Kier molecular flexibility index (Phi) is 10.8. The largest absolute Gasteiger partial charge is 0.507 e. The maximum absolute atomic E-state index is 10.9. The van der Waals surface area contributed by atoms with Crippen LogP contribution in [0.1, 0.15) is 132 Å². The summed E-state index contributed by atoms with van der Waals surface area (Å²) in [6.45, 7) is 12.9. The number of hydrogen-bond donors (Lipinski definition) is 2. The minimum absolute atomic E-state index is 0.0902. The summed E-state index contributed by atoms with van der Waals surface area (Å²) in [6, 6.07) is 8.69. The molecule has 1 saturated carbocycles. The molecule has 0 aromatic heterocycles. The van der Waals surface area contributed by atoms with E-state index in [2.05, 4.69) is 65.8 Å². The van der Waals surface area contributed by atoms with E-state index in [1.807, 2.05) is 12.4 Å². The number of nitrogens with zero attached hydrogens (tertiary/aromatic N) is 2. The van der Waals surface area contributed by atoms with Gasteiger partial charge in [-0.3, -0.25) is 9.98 Å². The van der Waals surface area contributed by atoms with Crippen LogP contribution in [0.5, 0.6) is 11.5 Å². The Labute approximate surface area is 225 Å². The second kappa shape index (κ2) is 13.8. The summed E-state index contributed by atoms with van der Waals surface area (Å²) in [6.07, 6.45) is 13.4. The van der Waals surface area contributed by atoms with E-state index in [9.17, 15) is 10.2 Å². The van der Waals surface area contributed by atoms with Gasteiger partial charge in [0.25, 0.3) is 0 Å². The molecule has 202 valence electrons. The highest BCUT2D eigenvalue weighted by molar-refractivity contribution is 5.86. The minimum atomic E-state index is 0.0902. The van der Waals surface area contributed by atoms with Crippen molar-refractivity contribution in [1.82, 2.24) is 0 Å². The number of aliphatic imine (C=N–C) groups is 2. The van der Waals surface area contributed by atoms with Crippen LogP contribution in [0, 0.1) is 0 Å². The average Bonchev–Trinajstić information content (AvgIpc) is 3.32. The van der Waals surface area contributed by atoms with Crippen LogP contribution in [-0.2, 0) is 12.8 Å². The monoisotopic (exact) mass is 504 g/mol. The van der Waals surface area contributed by atoms with Gasteiger partial charge < -0.3 is 10.2 Å². The van der Waals surface area contributed by atoms with Crippen LogP contribution in [0.4, 0.5) is 0 Å². The zero-order valence-corrected chi connectivity index (χ0v) is 23.9. The standard InChI is InChI=1S/C33H48N2O2/c1-7-9-12-24-16-26(32(36)28(18-24)22(3)4)20-34-30-14-11-15-31(30)35-21-27-17-25(13-10-8-2)19-29(23(5)6)33(27)37/h16-23,30-31,36-37H,7-15H2,1-6H3. The van der Waals surface area contributed by atoms with Crippen LogP contribution < -0.4 is 0 Å². The summed E-state index contributed by atoms with van der Waals surface area (Å²) < 4.78 is 0. The molecule has 1 aliphatic carbocycles. The Bertz CT molecular complexity index is 999. The summed E-state index contributed by atoms with van der Waals surface area (Å²) in [5.41, 5.74) is 6.16. The Hall–Kier alpha value is -2.62. The van der Waals surface area contributed by atoms with Crippen molar-refractivity contribution in [3.05, 3.63) is 57.6 Å². The van der Waals surface area contributed by atoms with Crippen molar-refractivity contribution in [3.8, 4) is 11.5 Å². The fraction of sp³-hybridized carbons (Fsp3) is 0.576. The first-order chi connectivity index (χ1) is 17.7. The zero-order chi connectivity index (χ0) is 26.9. The first-order valence-corrected chi connectivity index (χ1v) is 14.5. The van der Waals surface area contributed by atoms with E-state index in [0.717, 1.165) is 80.0 Å². The van der Waals surface area contributed by atoms with Crippen molar-refractivity contribution in [2.75, 3.05) is 0 Å². The van der Waals surface area contributed by atoms with Crippen molar-refractivity contribution >= 4 is 12.4 Å². The van der Waals surface area contributed by atoms with E-state index >= 15 is 0 Å². The van der Waals surface area contributed by atoms with Gasteiger partial charge in [0.15, 0.2) is 0 Å². The van der Waals surface area contributed by atoms with Gasteiger partial charge in [-0.2, -0.15) is 0 Å². The normalized spacial score (nSPS) is 18.3. The predicted molar refractivity (Wildman–Crippen MR) is 158 cm³/mol. The van der Waals surface area contributed by atoms with Gasteiger partial charge >= 0.3 is 0 Å². The van der Waals surface area contributed by atoms with E-state index in [4.69, 9.17) is 9.98 Å². The van der Waals surface area contributed by atoms with Crippen molar-refractivity contribution < 1.29 is 10.2 Å². The van der Waals surface area contributed by atoms with Crippen LogP contribution in [0.25, 0.3) is 0 Å². The number of unbranched alkanes of at least 4 members (excludes halogenated alkanes) is 2. The lowest BCUT2D eigenvalue weighted by molar-refractivity contribution is 0.462. The molecule has 2 atom stereocenters. The van der Waals surface area contributed by atoms with Gasteiger partial charge in [-0.1, -0.05) is 66.5 Å². The molecule has 0 amide bonds. The lowest BCUT2D eigenvalue weighted by Gasteiger charge is -2.16. The summed E-state index contributed by atoms with van der Waals surface area (Å²) in [5, 5.41) is 21.9. The smallest absolute Gasteiger partial charge is 0.127 e. The highest BCUT2D eigenvalue weighted by Crippen LogP contribution is 2.33. The molecular formula is C33H48N2O2. The number of hydrogen-bond acceptors (Lipinski definition) is 4. The number of rotatable bonds is 12. The highest BCUT2D eigenvalue weighted by Gasteiger charge is 2.26. The molecule has 1 aliphatic rings. The Morgan fingerprint density at radius 1 is 0.730 bits per heavy atom. The van der Waals surface area contributed by atoms with Crippen molar-refractivity contribution in [3.63, 3.8) is 0 Å². The number of aromatic hydroxyl groups is 2. The molecule has 2 N–H and O–H groups in total. The van der Waals surface area contributed by atoms with Gasteiger partial charge in [0.05, 0.1) is 12.1 Å². The van der Waals surface area contributed by atoms with Crippen molar-refractivity contribution in [1.29, 1.82) is 0 Å². The number of aryl methyl sites for hydroxylation is 2. The van der Waals surface area contributed by atoms with Crippen molar-refractivity contribution in [2.45, 2.75) is 123 Å². The molecule has 2 aromatic rings. The molecule has 0 bridgehead atoms. The van der Waals surface area contributed by atoms with Crippen LogP contribution >= 0.6 is 0 Å². The molecular weight excluding hydrogens is 456 g/mol. The lowest BCUT2D eigenvalue weighted by Crippen LogP contribution is -2.16. The zero-order valence-electron chi connectivity index (χ0n) is 23.9. The molecule has 37 heavy (non-hydrogen) atoms. The van der Waals surface area contributed by atoms with Gasteiger partial charge in [0.1, 0.15) is 11.5 Å². The molecule has 0 heterocycles. The number of phenols is 2. The minimum Gasteiger partial charge on any atom is -0.507 e. The van der Waals surface area contributed by atoms with Gasteiger partial charge in [-0.05, 0) is 91.2 Å². The van der Waals surface area contributed by atoms with Crippen LogP contribution in [0.2, 0.25) is 0 Å². The predicted octanol–water partition coefficient (Wildman–Crippen LogP) is 8.49. The lowest BCUT2D eigenvalue weighted by atomic mass is 9.94. The summed E-state index contributed by atoms with van der Waals surface area (Å²) in [4.78, 5) is 9.87. The van der Waals surface area contributed by atoms with E-state index < -0.39 is 0 Å². The van der Waals surface area contributed by atoms with Crippen molar-refractivity contribution in [2.24, 2.45) is 9.98 Å². The van der Waals surface area contributed by atoms with Gasteiger partial charge in [0.2, 0.25) is 0 Å². The van der Waals surface area contributed by atoms with E-state index in [1.165, 1.54) is 11.1 Å². The summed E-state index contributed by atoms with van der Waals surface area (Å²) >= 11 is 0. The molecule has 2 unspecified atom stereocenters. The van der Waals surface area contributed by atoms with E-state index in [-0.39, 0.29) is 23.9 Å². The van der Waals surface area contributed by atoms with Crippen LogP contribution in [0.3, 0.4) is 0 Å². The molecule has 3 rings (SSSR count). The molecule has 4 nitrogen and oxygen atoms in total. The fourth-order valence-corrected chi connectivity index (χ4v) is 5.24. The first kappa shape index (κ1) is 28.9. The number of benzene rings is 2. The molecule has 0 aliphatic heterocycles. The average molecular weight is 505 g/mol. The molecule has 4 heteroatoms. The van der Waals surface area contributed by atoms with Gasteiger partial charge in [0, 0.05) is 23.6 Å². The second-order valence-corrected chi connectivity index (χ2v) is 11.4. The summed E-state index contributed by atoms with van der Waals surface area (Å²) in [5.74, 6) is 1.22. The SMILES string of the molecule is CCCCc1cc(C=NC2CCCC2N=Cc2cc(CCCC)cc(C(C)C)c2O)c(O)c(C(C)C)c1. The van der Waals surface area contributed by atoms with Crippen LogP contribution in [-0.4, -0.2) is 34.7 Å². The first-order valence-electron chi connectivity index (χ1n) is 14.5. The van der Waals surface area contributed by atoms with Gasteiger partial charge in [-0.25, -0.2) is 0 Å². The maximum Gasteiger partial charge on any atom is 0.127 e. The van der Waals surface area contributed by atoms with Crippen LogP contribution in [0.15, 0.2) is 34.3 Å². The fourth-order valence-electron chi connectivity index (χ4n) is 5.24.